The molecule has 1 aliphatic heterocycles. The minimum absolute atomic E-state index is 0.00347. The molecule has 1 fully saturated rings. The van der Waals surface area contributed by atoms with Crippen molar-refractivity contribution < 1.29 is 9.59 Å². The molecule has 0 N–H and O–H groups in total. The van der Waals surface area contributed by atoms with Crippen molar-refractivity contribution in [2.45, 2.75) is 13.8 Å². The molecular weight excluding hydrogens is 168 g/mol. The van der Waals surface area contributed by atoms with Crippen LogP contribution in [-0.4, -0.2) is 15.3 Å². The molecule has 2 nitrogen and oxygen atoms in total. The molecule has 0 unspecified atom stereocenters. The first-order chi connectivity index (χ1) is 4.55. The summed E-state index contributed by atoms with van der Waals surface area (Å²) in [5, 5.41) is 0.577. The minimum atomic E-state index is -0.756. The molecule has 4 heteroatoms. The van der Waals surface area contributed by atoms with Gasteiger partial charge in [-0.15, -0.1) is 0 Å². The van der Waals surface area contributed by atoms with Crippen LogP contribution in [0.1, 0.15) is 13.8 Å². The summed E-state index contributed by atoms with van der Waals surface area (Å²) in [5.41, 5.74) is -0.756. The van der Waals surface area contributed by atoms with Crippen molar-refractivity contribution in [1.29, 1.82) is 0 Å². The first kappa shape index (κ1) is 8.14. The second kappa shape index (κ2) is 2.58. The summed E-state index contributed by atoms with van der Waals surface area (Å²) < 4.78 is 0. The fraction of sp³-hybridized carbons (Fsp3) is 0.667. The topological polar surface area (TPSA) is 34.1 Å². The lowest BCUT2D eigenvalue weighted by atomic mass is 9.98. The molecule has 0 atom stereocenters. The van der Waals surface area contributed by atoms with Gasteiger partial charge in [-0.2, -0.15) is 0 Å². The molecule has 1 saturated heterocycles. The summed E-state index contributed by atoms with van der Waals surface area (Å²) in [6.07, 6.45) is 0. The summed E-state index contributed by atoms with van der Waals surface area (Å²) in [5.74, 6) is 0. The third-order valence-corrected chi connectivity index (χ3v) is 3.89. The van der Waals surface area contributed by atoms with Crippen molar-refractivity contribution in [2.75, 3.05) is 5.08 Å². The Bertz CT molecular complexity index is 168. The van der Waals surface area contributed by atoms with E-state index in [-0.39, 0.29) is 10.2 Å². The maximum atomic E-state index is 11.1. The van der Waals surface area contributed by atoms with Crippen LogP contribution in [0.4, 0.5) is 0 Å². The second-order valence-electron chi connectivity index (χ2n) is 2.61. The Hall–Kier alpha value is 0.0400. The Balaban J connectivity index is 2.83. The third-order valence-electron chi connectivity index (χ3n) is 1.40. The lowest BCUT2D eigenvalue weighted by Gasteiger charge is -2.23. The molecule has 0 aromatic rings. The highest BCUT2D eigenvalue weighted by atomic mass is 32.2. The van der Waals surface area contributed by atoms with Gasteiger partial charge in [0.05, 0.1) is 5.08 Å². The molecule has 0 saturated carbocycles. The van der Waals surface area contributed by atoms with Gasteiger partial charge in [0.15, 0.2) is 0 Å². The second-order valence-corrected chi connectivity index (χ2v) is 4.87. The summed E-state index contributed by atoms with van der Waals surface area (Å²) in [6.45, 7) is 3.35. The lowest BCUT2D eigenvalue weighted by Crippen LogP contribution is -2.32. The van der Waals surface area contributed by atoms with Crippen LogP contribution in [0, 0.1) is 5.41 Å². The monoisotopic (exact) mass is 176 g/mol. The van der Waals surface area contributed by atoms with E-state index in [1.54, 1.807) is 13.8 Å². The van der Waals surface area contributed by atoms with Crippen LogP contribution >= 0.6 is 23.5 Å². The van der Waals surface area contributed by atoms with Crippen molar-refractivity contribution in [2.24, 2.45) is 5.41 Å². The quantitative estimate of drug-likeness (QED) is 0.524. The van der Waals surface area contributed by atoms with E-state index in [0.717, 1.165) is 0 Å². The van der Waals surface area contributed by atoms with Gasteiger partial charge in [0.1, 0.15) is 5.41 Å². The van der Waals surface area contributed by atoms with E-state index in [4.69, 9.17) is 0 Å². The van der Waals surface area contributed by atoms with Crippen LogP contribution < -0.4 is 0 Å². The first-order valence-electron chi connectivity index (χ1n) is 2.89. The van der Waals surface area contributed by atoms with Gasteiger partial charge in [-0.3, -0.25) is 9.59 Å². The average molecular weight is 176 g/mol. The summed E-state index contributed by atoms with van der Waals surface area (Å²) in [7, 11) is 0. The minimum Gasteiger partial charge on any atom is -0.286 e. The molecule has 0 aromatic heterocycles. The average Bonchev–Trinajstić information content (AvgIpc) is 1.84. The SMILES string of the molecule is CC1(C)C(=O)SCSC1=O. The number of rotatable bonds is 0. The van der Waals surface area contributed by atoms with Gasteiger partial charge in [0.25, 0.3) is 0 Å². The van der Waals surface area contributed by atoms with Crippen LogP contribution in [0.3, 0.4) is 0 Å². The van der Waals surface area contributed by atoms with Crippen molar-refractivity contribution in [3.05, 3.63) is 0 Å². The molecule has 0 bridgehead atoms. The van der Waals surface area contributed by atoms with E-state index in [2.05, 4.69) is 0 Å². The Kier molecular flexibility index (Phi) is 2.10. The molecule has 0 radical (unpaired) electrons. The fourth-order valence-electron chi connectivity index (χ4n) is 0.581. The van der Waals surface area contributed by atoms with Gasteiger partial charge in [0, 0.05) is 0 Å². The fourth-order valence-corrected chi connectivity index (χ4v) is 2.64. The maximum absolute atomic E-state index is 11.1. The van der Waals surface area contributed by atoms with E-state index >= 15 is 0 Å². The number of carbonyl (C=O) groups is 2. The molecule has 1 aliphatic rings. The zero-order valence-corrected chi connectivity index (χ0v) is 7.47. The molecule has 0 aliphatic carbocycles. The van der Waals surface area contributed by atoms with Crippen molar-refractivity contribution in [3.8, 4) is 0 Å². The Morgan fingerprint density at radius 3 is 1.90 bits per heavy atom. The van der Waals surface area contributed by atoms with Gasteiger partial charge in [-0.1, -0.05) is 23.5 Å². The van der Waals surface area contributed by atoms with Crippen LogP contribution in [0.25, 0.3) is 0 Å². The van der Waals surface area contributed by atoms with Gasteiger partial charge in [-0.25, -0.2) is 0 Å². The molecule has 1 heterocycles. The van der Waals surface area contributed by atoms with Crippen LogP contribution in [0.5, 0.6) is 0 Å². The van der Waals surface area contributed by atoms with Crippen molar-refractivity contribution >= 4 is 33.8 Å². The Labute approximate surface area is 68.1 Å². The largest absolute Gasteiger partial charge is 0.286 e. The zero-order chi connectivity index (χ0) is 7.78. The smallest absolute Gasteiger partial charge is 0.203 e. The molecule has 0 amide bonds. The summed E-state index contributed by atoms with van der Waals surface area (Å²) >= 11 is 2.46. The van der Waals surface area contributed by atoms with E-state index in [1.807, 2.05) is 0 Å². The molecular formula is C6H8O2S2. The standard InChI is InChI=1S/C6H8O2S2/c1-6(2)4(7)9-3-10-5(6)8/h3H2,1-2H3. The van der Waals surface area contributed by atoms with E-state index in [9.17, 15) is 9.59 Å². The Morgan fingerprint density at radius 2 is 1.60 bits per heavy atom. The maximum Gasteiger partial charge on any atom is 0.203 e. The van der Waals surface area contributed by atoms with Gasteiger partial charge in [-0.05, 0) is 13.8 Å². The van der Waals surface area contributed by atoms with E-state index < -0.39 is 5.41 Å². The summed E-state index contributed by atoms with van der Waals surface area (Å²) in [6, 6.07) is 0. The lowest BCUT2D eigenvalue weighted by molar-refractivity contribution is -0.128. The highest BCUT2D eigenvalue weighted by Crippen LogP contribution is 2.37. The van der Waals surface area contributed by atoms with Crippen LogP contribution in [0.2, 0.25) is 0 Å². The normalized spacial score (nSPS) is 25.0. The number of hydrogen-bond donors (Lipinski definition) is 0. The molecule has 10 heavy (non-hydrogen) atoms. The molecule has 0 aromatic carbocycles. The first-order valence-corrected chi connectivity index (χ1v) is 4.87. The number of hydrogen-bond acceptors (Lipinski definition) is 4. The third kappa shape index (κ3) is 1.22. The van der Waals surface area contributed by atoms with E-state index in [0.29, 0.717) is 5.08 Å². The van der Waals surface area contributed by atoms with Crippen LogP contribution in [-0.2, 0) is 9.59 Å². The molecule has 56 valence electrons. The van der Waals surface area contributed by atoms with Gasteiger partial charge in [0.2, 0.25) is 10.2 Å². The Morgan fingerprint density at radius 1 is 1.20 bits per heavy atom. The van der Waals surface area contributed by atoms with Gasteiger partial charge < -0.3 is 0 Å². The molecule has 1 rings (SSSR count). The molecule has 0 spiro atoms. The van der Waals surface area contributed by atoms with Crippen molar-refractivity contribution in [3.63, 3.8) is 0 Å². The zero-order valence-electron chi connectivity index (χ0n) is 5.84. The predicted molar refractivity (Wildman–Crippen MR) is 43.8 cm³/mol. The summed E-state index contributed by atoms with van der Waals surface area (Å²) in [4.78, 5) is 22.1. The number of thioether (sulfide) groups is 2. The van der Waals surface area contributed by atoms with Gasteiger partial charge >= 0.3 is 0 Å². The van der Waals surface area contributed by atoms with Crippen LogP contribution in [0.15, 0.2) is 0 Å². The predicted octanol–water partition coefficient (Wildman–Crippen LogP) is 1.50. The van der Waals surface area contributed by atoms with Crippen molar-refractivity contribution in [1.82, 2.24) is 0 Å². The number of carbonyl (C=O) groups excluding carboxylic acids is 2. The highest BCUT2D eigenvalue weighted by molar-refractivity contribution is 8.30. The highest BCUT2D eigenvalue weighted by Gasteiger charge is 2.39. The van der Waals surface area contributed by atoms with E-state index in [1.165, 1.54) is 23.5 Å².